The minimum Gasteiger partial charge on any atom is -0.480 e. The topological polar surface area (TPSA) is 105 Å². The molecule has 0 spiro atoms. The Bertz CT molecular complexity index is 377. The van der Waals surface area contributed by atoms with E-state index < -0.39 is 23.4 Å². The zero-order valence-corrected chi connectivity index (χ0v) is 11.9. The van der Waals surface area contributed by atoms with E-state index in [1.165, 1.54) is 7.11 Å². The number of carbonyl (C=O) groups excluding carboxylic acids is 2. The van der Waals surface area contributed by atoms with Crippen LogP contribution in [0.25, 0.3) is 0 Å². The highest BCUT2D eigenvalue weighted by molar-refractivity contribution is 5.87. The van der Waals surface area contributed by atoms with Crippen LogP contribution in [0.4, 0.5) is 0 Å². The number of carbonyl (C=O) groups is 3. The van der Waals surface area contributed by atoms with Crippen LogP contribution in [0.15, 0.2) is 0 Å². The van der Waals surface area contributed by atoms with Crippen molar-refractivity contribution in [3.63, 3.8) is 0 Å². The monoisotopic (exact) mass is 286 g/mol. The van der Waals surface area contributed by atoms with Gasteiger partial charge >= 0.3 is 11.9 Å². The summed E-state index contributed by atoms with van der Waals surface area (Å²) in [5.41, 5.74) is -0.600. The molecule has 0 radical (unpaired) electrons. The number of rotatable bonds is 6. The molecule has 1 amide bonds. The van der Waals surface area contributed by atoms with E-state index in [0.29, 0.717) is 6.54 Å². The first kappa shape index (κ1) is 16.4. The van der Waals surface area contributed by atoms with Gasteiger partial charge in [-0.25, -0.2) is 4.79 Å². The lowest BCUT2D eigenvalue weighted by atomic mass is 9.81. The number of aliphatic carboxylic acids is 1. The van der Waals surface area contributed by atoms with Crippen LogP contribution in [0.1, 0.15) is 32.6 Å². The lowest BCUT2D eigenvalue weighted by Crippen LogP contribution is -2.52. The minimum atomic E-state index is -1.14. The molecule has 1 heterocycles. The lowest BCUT2D eigenvalue weighted by Gasteiger charge is -2.33. The number of methoxy groups -OCH3 is 1. The summed E-state index contributed by atoms with van der Waals surface area (Å²) in [4.78, 5) is 34.4. The van der Waals surface area contributed by atoms with E-state index in [1.54, 1.807) is 0 Å². The average Bonchev–Trinajstić information content (AvgIpc) is 2.43. The summed E-state index contributed by atoms with van der Waals surface area (Å²) >= 11 is 0. The number of ether oxygens (including phenoxy) is 1. The van der Waals surface area contributed by atoms with E-state index in [-0.39, 0.29) is 18.7 Å². The first-order valence-corrected chi connectivity index (χ1v) is 6.70. The fraction of sp³-hybridized carbons (Fsp3) is 0.769. The standard InChI is InChI=1S/C13H22N2O5/c1-13(6-3-7-14-8-13)12(19)15-9(11(17)18)4-5-10(16)20-2/h9,14H,3-8H2,1-2H3,(H,15,19)(H,17,18)/t9-,13?/m0/s1. The Morgan fingerprint density at radius 2 is 2.15 bits per heavy atom. The predicted molar refractivity (Wildman–Crippen MR) is 71.0 cm³/mol. The molecule has 3 N–H and O–H groups in total. The fourth-order valence-electron chi connectivity index (χ4n) is 2.20. The van der Waals surface area contributed by atoms with Crippen molar-refractivity contribution in [2.24, 2.45) is 5.41 Å². The molecule has 2 atom stereocenters. The number of carboxylic acid groups (broad SMARTS) is 1. The second kappa shape index (κ2) is 7.23. The molecular weight excluding hydrogens is 264 g/mol. The van der Waals surface area contributed by atoms with Gasteiger partial charge in [-0.1, -0.05) is 0 Å². The molecule has 7 nitrogen and oxygen atoms in total. The molecule has 0 aromatic heterocycles. The van der Waals surface area contributed by atoms with Crippen molar-refractivity contribution < 1.29 is 24.2 Å². The van der Waals surface area contributed by atoms with Crippen molar-refractivity contribution in [1.29, 1.82) is 0 Å². The molecule has 1 aliphatic heterocycles. The Morgan fingerprint density at radius 1 is 1.45 bits per heavy atom. The number of hydrogen-bond donors (Lipinski definition) is 3. The van der Waals surface area contributed by atoms with E-state index in [2.05, 4.69) is 15.4 Å². The largest absolute Gasteiger partial charge is 0.480 e. The van der Waals surface area contributed by atoms with Gasteiger partial charge in [0.1, 0.15) is 6.04 Å². The number of esters is 1. The quantitative estimate of drug-likeness (QED) is 0.589. The molecule has 114 valence electrons. The van der Waals surface area contributed by atoms with Crippen molar-refractivity contribution in [3.05, 3.63) is 0 Å². The van der Waals surface area contributed by atoms with Gasteiger partial charge in [0, 0.05) is 13.0 Å². The second-order valence-electron chi connectivity index (χ2n) is 5.32. The second-order valence-corrected chi connectivity index (χ2v) is 5.32. The first-order chi connectivity index (χ1) is 9.39. The molecule has 0 saturated carbocycles. The summed E-state index contributed by atoms with van der Waals surface area (Å²) in [6.07, 6.45) is 1.58. The Hall–Kier alpha value is -1.63. The summed E-state index contributed by atoms with van der Waals surface area (Å²) in [5.74, 6) is -1.92. The summed E-state index contributed by atoms with van der Waals surface area (Å²) in [5, 5.41) is 14.8. The van der Waals surface area contributed by atoms with E-state index in [4.69, 9.17) is 5.11 Å². The first-order valence-electron chi connectivity index (χ1n) is 6.70. The molecule has 0 bridgehead atoms. The van der Waals surface area contributed by atoms with Gasteiger partial charge in [-0.15, -0.1) is 0 Å². The number of amides is 1. The maximum Gasteiger partial charge on any atom is 0.326 e. The maximum atomic E-state index is 12.2. The third-order valence-electron chi connectivity index (χ3n) is 3.61. The SMILES string of the molecule is COC(=O)CC[C@H](NC(=O)C1(C)CCCNC1)C(=O)O. The smallest absolute Gasteiger partial charge is 0.326 e. The molecule has 0 aromatic carbocycles. The predicted octanol–water partition coefficient (Wildman–Crippen LogP) is -0.101. The summed E-state index contributed by atoms with van der Waals surface area (Å²) in [6, 6.07) is -1.07. The Kier molecular flexibility index (Phi) is 5.94. The van der Waals surface area contributed by atoms with Crippen LogP contribution in [-0.4, -0.2) is 49.2 Å². The van der Waals surface area contributed by atoms with Crippen LogP contribution in [0, 0.1) is 5.41 Å². The molecule has 1 rings (SSSR count). The van der Waals surface area contributed by atoms with Crippen molar-refractivity contribution >= 4 is 17.8 Å². The number of nitrogens with one attached hydrogen (secondary N) is 2. The normalized spacial score (nSPS) is 23.7. The molecule has 0 aromatic rings. The van der Waals surface area contributed by atoms with E-state index in [1.807, 2.05) is 6.92 Å². The van der Waals surface area contributed by atoms with Gasteiger partial charge < -0.3 is 20.5 Å². The summed E-state index contributed by atoms with van der Waals surface area (Å²) < 4.78 is 4.47. The van der Waals surface area contributed by atoms with Gasteiger partial charge in [-0.2, -0.15) is 0 Å². The number of hydrogen-bond acceptors (Lipinski definition) is 5. The highest BCUT2D eigenvalue weighted by atomic mass is 16.5. The van der Waals surface area contributed by atoms with Crippen LogP contribution in [0.2, 0.25) is 0 Å². The zero-order chi connectivity index (χ0) is 15.2. The molecule has 1 fully saturated rings. The highest BCUT2D eigenvalue weighted by Gasteiger charge is 2.36. The lowest BCUT2D eigenvalue weighted by molar-refractivity contribution is -0.145. The molecule has 0 aliphatic carbocycles. The number of piperidine rings is 1. The van der Waals surface area contributed by atoms with Gasteiger partial charge in [-0.05, 0) is 32.7 Å². The molecule has 20 heavy (non-hydrogen) atoms. The van der Waals surface area contributed by atoms with Gasteiger partial charge in [0.2, 0.25) is 5.91 Å². The van der Waals surface area contributed by atoms with Crippen molar-refractivity contribution in [2.75, 3.05) is 20.2 Å². The third kappa shape index (κ3) is 4.48. The Labute approximate surface area is 118 Å². The fourth-order valence-corrected chi connectivity index (χ4v) is 2.20. The zero-order valence-electron chi connectivity index (χ0n) is 11.9. The van der Waals surface area contributed by atoms with Crippen LogP contribution in [0.3, 0.4) is 0 Å². The molecule has 1 aliphatic rings. The number of carboxylic acids is 1. The van der Waals surface area contributed by atoms with Crippen molar-refractivity contribution in [3.8, 4) is 0 Å². The summed E-state index contributed by atoms with van der Waals surface area (Å²) in [6.45, 7) is 3.21. The minimum absolute atomic E-state index is 0.0251. The van der Waals surface area contributed by atoms with Crippen molar-refractivity contribution in [2.45, 2.75) is 38.6 Å². The highest BCUT2D eigenvalue weighted by Crippen LogP contribution is 2.25. The van der Waals surface area contributed by atoms with E-state index in [9.17, 15) is 14.4 Å². The molecule has 7 heteroatoms. The van der Waals surface area contributed by atoms with E-state index in [0.717, 1.165) is 19.4 Å². The average molecular weight is 286 g/mol. The Balaban J connectivity index is 2.58. The van der Waals surface area contributed by atoms with Crippen molar-refractivity contribution in [1.82, 2.24) is 10.6 Å². The van der Waals surface area contributed by atoms with Gasteiger partial charge in [0.25, 0.3) is 0 Å². The van der Waals surface area contributed by atoms with Gasteiger partial charge in [0.15, 0.2) is 0 Å². The maximum absolute atomic E-state index is 12.2. The molecule has 1 saturated heterocycles. The summed E-state index contributed by atoms with van der Waals surface area (Å²) in [7, 11) is 1.24. The third-order valence-corrected chi connectivity index (χ3v) is 3.61. The van der Waals surface area contributed by atoms with Crippen LogP contribution >= 0.6 is 0 Å². The van der Waals surface area contributed by atoms with Crippen LogP contribution in [-0.2, 0) is 19.1 Å². The molecule has 1 unspecified atom stereocenters. The van der Waals surface area contributed by atoms with Crippen LogP contribution < -0.4 is 10.6 Å². The molecular formula is C13H22N2O5. The van der Waals surface area contributed by atoms with Crippen LogP contribution in [0.5, 0.6) is 0 Å². The van der Waals surface area contributed by atoms with E-state index >= 15 is 0 Å². The Morgan fingerprint density at radius 3 is 2.65 bits per heavy atom. The van der Waals surface area contributed by atoms with Gasteiger partial charge in [0.05, 0.1) is 12.5 Å². The van der Waals surface area contributed by atoms with Gasteiger partial charge in [-0.3, -0.25) is 9.59 Å².